The molecule has 6 nitrogen and oxygen atoms in total. The minimum Gasteiger partial charge on any atom is -0.462 e. The molecule has 140 valence electrons. The lowest BCUT2D eigenvalue weighted by atomic mass is 9.81. The van der Waals surface area contributed by atoms with Gasteiger partial charge in [0.2, 0.25) is 11.8 Å². The van der Waals surface area contributed by atoms with Crippen LogP contribution in [0.5, 0.6) is 0 Å². The number of amides is 2. The second-order valence-electron chi connectivity index (χ2n) is 6.37. The summed E-state index contributed by atoms with van der Waals surface area (Å²) in [4.78, 5) is 36.0. The first-order chi connectivity index (χ1) is 12.5. The fourth-order valence-electron chi connectivity index (χ4n) is 3.08. The molecular formula is C20H26N2O4. The third-order valence-corrected chi connectivity index (χ3v) is 4.55. The van der Waals surface area contributed by atoms with Gasteiger partial charge in [-0.25, -0.2) is 4.79 Å². The van der Waals surface area contributed by atoms with Crippen LogP contribution in [0.2, 0.25) is 0 Å². The predicted molar refractivity (Wildman–Crippen MR) is 99.7 cm³/mol. The van der Waals surface area contributed by atoms with Crippen molar-refractivity contribution < 1.29 is 19.1 Å². The first kappa shape index (κ1) is 19.7. The first-order valence-electron chi connectivity index (χ1n) is 9.01. The monoisotopic (exact) mass is 358 g/mol. The molecule has 0 bridgehead atoms. The van der Waals surface area contributed by atoms with Crippen molar-refractivity contribution in [2.24, 2.45) is 11.8 Å². The summed E-state index contributed by atoms with van der Waals surface area (Å²) in [6.07, 6.45) is 4.47. The van der Waals surface area contributed by atoms with Gasteiger partial charge in [0.15, 0.2) is 0 Å². The van der Waals surface area contributed by atoms with Gasteiger partial charge in [-0.3, -0.25) is 9.59 Å². The second kappa shape index (κ2) is 9.75. The van der Waals surface area contributed by atoms with Crippen LogP contribution in [0.3, 0.4) is 0 Å². The second-order valence-corrected chi connectivity index (χ2v) is 6.37. The number of hydrogen-bond donors (Lipinski definition) is 2. The molecule has 1 fully saturated rings. The molecule has 0 saturated heterocycles. The molecule has 0 atom stereocenters. The Morgan fingerprint density at radius 1 is 1.08 bits per heavy atom. The summed E-state index contributed by atoms with van der Waals surface area (Å²) in [7, 11) is 0. The van der Waals surface area contributed by atoms with Crippen LogP contribution >= 0.6 is 0 Å². The van der Waals surface area contributed by atoms with Crippen LogP contribution < -0.4 is 10.6 Å². The number of anilines is 1. The number of carbonyl (C=O) groups excluding carboxylic acids is 3. The molecule has 1 aromatic rings. The maximum absolute atomic E-state index is 12.4. The van der Waals surface area contributed by atoms with E-state index in [0.29, 0.717) is 50.1 Å². The van der Waals surface area contributed by atoms with Crippen molar-refractivity contribution in [1.82, 2.24) is 5.32 Å². The van der Waals surface area contributed by atoms with Gasteiger partial charge in [0.05, 0.1) is 12.2 Å². The summed E-state index contributed by atoms with van der Waals surface area (Å²) in [5, 5.41) is 5.70. The van der Waals surface area contributed by atoms with Crippen LogP contribution in [-0.4, -0.2) is 30.9 Å². The Kier molecular flexibility index (Phi) is 7.38. The van der Waals surface area contributed by atoms with E-state index in [2.05, 4.69) is 17.2 Å². The highest BCUT2D eigenvalue weighted by atomic mass is 16.5. The highest BCUT2D eigenvalue weighted by molar-refractivity contribution is 5.94. The summed E-state index contributed by atoms with van der Waals surface area (Å²) < 4.78 is 4.93. The fourth-order valence-corrected chi connectivity index (χ4v) is 3.08. The van der Waals surface area contributed by atoms with E-state index >= 15 is 0 Å². The predicted octanol–water partition coefficient (Wildman–Crippen LogP) is 2.91. The number of rotatable bonds is 7. The minimum absolute atomic E-state index is 0.0251. The molecule has 1 saturated carbocycles. The fraction of sp³-hybridized carbons (Fsp3) is 0.450. The molecule has 2 rings (SSSR count). The molecule has 1 aliphatic rings. The SMILES string of the molecule is C=CCNC(=O)C1CCC(C(=O)Nc2ccc(C(=O)OCC)cc2)CC1. The van der Waals surface area contributed by atoms with Crippen molar-refractivity contribution in [1.29, 1.82) is 0 Å². The van der Waals surface area contributed by atoms with Gasteiger partial charge in [0, 0.05) is 24.1 Å². The van der Waals surface area contributed by atoms with Crippen LogP contribution in [0.25, 0.3) is 0 Å². The Morgan fingerprint density at radius 3 is 2.19 bits per heavy atom. The van der Waals surface area contributed by atoms with E-state index in [1.165, 1.54) is 0 Å². The number of benzene rings is 1. The van der Waals surface area contributed by atoms with Gasteiger partial charge < -0.3 is 15.4 Å². The molecule has 0 aliphatic heterocycles. The summed E-state index contributed by atoms with van der Waals surface area (Å²) >= 11 is 0. The molecule has 0 heterocycles. The molecule has 0 unspecified atom stereocenters. The van der Waals surface area contributed by atoms with Crippen LogP contribution in [0, 0.1) is 11.8 Å². The zero-order valence-corrected chi connectivity index (χ0v) is 15.1. The van der Waals surface area contributed by atoms with E-state index in [-0.39, 0.29) is 29.6 Å². The normalized spacial score (nSPS) is 19.3. The lowest BCUT2D eigenvalue weighted by Crippen LogP contribution is -2.35. The molecule has 6 heteroatoms. The highest BCUT2D eigenvalue weighted by Gasteiger charge is 2.29. The lowest BCUT2D eigenvalue weighted by molar-refractivity contribution is -0.128. The lowest BCUT2D eigenvalue weighted by Gasteiger charge is -2.27. The van der Waals surface area contributed by atoms with Crippen LogP contribution in [0.1, 0.15) is 43.0 Å². The molecular weight excluding hydrogens is 332 g/mol. The number of nitrogens with one attached hydrogen (secondary N) is 2. The Balaban J connectivity index is 1.82. The number of carbonyl (C=O) groups is 3. The Morgan fingerprint density at radius 2 is 1.65 bits per heavy atom. The number of ether oxygens (including phenoxy) is 1. The smallest absolute Gasteiger partial charge is 0.338 e. The van der Waals surface area contributed by atoms with Crippen molar-refractivity contribution in [2.45, 2.75) is 32.6 Å². The zero-order valence-electron chi connectivity index (χ0n) is 15.1. The van der Waals surface area contributed by atoms with Gasteiger partial charge in [-0.2, -0.15) is 0 Å². The first-order valence-corrected chi connectivity index (χ1v) is 9.01. The Hall–Kier alpha value is -2.63. The van der Waals surface area contributed by atoms with Gasteiger partial charge in [0.25, 0.3) is 0 Å². The molecule has 26 heavy (non-hydrogen) atoms. The number of hydrogen-bond acceptors (Lipinski definition) is 4. The summed E-state index contributed by atoms with van der Waals surface area (Å²) in [5.74, 6) is -0.498. The summed E-state index contributed by atoms with van der Waals surface area (Å²) in [6.45, 7) is 6.14. The van der Waals surface area contributed by atoms with E-state index in [9.17, 15) is 14.4 Å². The molecule has 2 amide bonds. The van der Waals surface area contributed by atoms with Gasteiger partial charge >= 0.3 is 5.97 Å². The van der Waals surface area contributed by atoms with Crippen molar-refractivity contribution in [2.75, 3.05) is 18.5 Å². The third-order valence-electron chi connectivity index (χ3n) is 4.55. The molecule has 0 spiro atoms. The van der Waals surface area contributed by atoms with Crippen LogP contribution in [-0.2, 0) is 14.3 Å². The molecule has 1 aliphatic carbocycles. The molecule has 1 aromatic carbocycles. The maximum Gasteiger partial charge on any atom is 0.338 e. The van der Waals surface area contributed by atoms with Gasteiger partial charge in [-0.15, -0.1) is 6.58 Å². The quantitative estimate of drug-likeness (QED) is 0.580. The molecule has 2 N–H and O–H groups in total. The van der Waals surface area contributed by atoms with Crippen LogP contribution in [0.15, 0.2) is 36.9 Å². The maximum atomic E-state index is 12.4. The van der Waals surface area contributed by atoms with Crippen molar-refractivity contribution in [3.8, 4) is 0 Å². The Labute approximate surface area is 154 Å². The summed E-state index contributed by atoms with van der Waals surface area (Å²) in [5.41, 5.74) is 1.10. The van der Waals surface area contributed by atoms with Crippen LogP contribution in [0.4, 0.5) is 5.69 Å². The molecule has 0 aromatic heterocycles. The summed E-state index contributed by atoms with van der Waals surface area (Å²) in [6, 6.07) is 6.65. The zero-order chi connectivity index (χ0) is 18.9. The standard InChI is InChI=1S/C20H26N2O4/c1-3-13-21-18(23)14-5-7-15(8-6-14)19(24)22-17-11-9-16(10-12-17)20(25)26-4-2/h3,9-12,14-15H,1,4-8,13H2,2H3,(H,21,23)(H,22,24). The third kappa shape index (κ3) is 5.44. The largest absolute Gasteiger partial charge is 0.462 e. The highest BCUT2D eigenvalue weighted by Crippen LogP contribution is 2.30. The van der Waals surface area contributed by atoms with Crippen molar-refractivity contribution >= 4 is 23.5 Å². The van der Waals surface area contributed by atoms with E-state index in [4.69, 9.17) is 4.74 Å². The van der Waals surface area contributed by atoms with Gasteiger partial charge in [-0.05, 0) is 56.9 Å². The van der Waals surface area contributed by atoms with Gasteiger partial charge in [-0.1, -0.05) is 6.08 Å². The van der Waals surface area contributed by atoms with E-state index < -0.39 is 0 Å². The van der Waals surface area contributed by atoms with Gasteiger partial charge in [0.1, 0.15) is 0 Å². The Bertz CT molecular complexity index is 646. The minimum atomic E-state index is -0.376. The van der Waals surface area contributed by atoms with E-state index in [0.717, 1.165) is 0 Å². The number of esters is 1. The van der Waals surface area contributed by atoms with Crippen molar-refractivity contribution in [3.63, 3.8) is 0 Å². The average Bonchev–Trinajstić information content (AvgIpc) is 2.67. The average molecular weight is 358 g/mol. The topological polar surface area (TPSA) is 84.5 Å². The van der Waals surface area contributed by atoms with E-state index in [1.54, 1.807) is 37.3 Å². The van der Waals surface area contributed by atoms with E-state index in [1.807, 2.05) is 0 Å². The molecule has 0 radical (unpaired) electrons. The van der Waals surface area contributed by atoms with Crippen molar-refractivity contribution in [3.05, 3.63) is 42.5 Å².